The predicted molar refractivity (Wildman–Crippen MR) is 80.5 cm³/mol. The van der Waals surface area contributed by atoms with Crippen LogP contribution in [0.15, 0.2) is 0 Å². The molecule has 0 saturated carbocycles. The van der Waals surface area contributed by atoms with Crippen molar-refractivity contribution in [2.45, 2.75) is 32.2 Å². The predicted octanol–water partition coefficient (Wildman–Crippen LogP) is 0.0442. The summed E-state index contributed by atoms with van der Waals surface area (Å²) < 4.78 is 25.8. The number of amides is 1. The molecule has 2 rings (SSSR count). The summed E-state index contributed by atoms with van der Waals surface area (Å²) >= 11 is 0. The van der Waals surface area contributed by atoms with Gasteiger partial charge in [-0.3, -0.25) is 4.79 Å². The van der Waals surface area contributed by atoms with E-state index in [2.05, 4.69) is 5.32 Å². The van der Waals surface area contributed by atoms with Crippen molar-refractivity contribution in [3.63, 3.8) is 0 Å². The zero-order valence-electron chi connectivity index (χ0n) is 11.9. The zero-order chi connectivity index (χ0) is 13.9. The Morgan fingerprint density at radius 2 is 1.90 bits per heavy atom. The molecule has 118 valence electrons. The lowest BCUT2D eigenvalue weighted by atomic mass is 10.2. The van der Waals surface area contributed by atoms with E-state index in [0.29, 0.717) is 32.5 Å². The average Bonchev–Trinajstić information content (AvgIpc) is 2.89. The number of hydrogen-bond donors (Lipinski definition) is 1. The topological polar surface area (TPSA) is 69.7 Å². The Hall–Kier alpha value is -0.370. The van der Waals surface area contributed by atoms with Gasteiger partial charge in [-0.25, -0.2) is 8.42 Å². The summed E-state index contributed by atoms with van der Waals surface area (Å²) in [4.78, 5) is 14.2. The third kappa shape index (κ3) is 3.84. The van der Waals surface area contributed by atoms with Crippen LogP contribution in [-0.2, 0) is 14.8 Å². The minimum Gasteiger partial charge on any atom is -0.339 e. The number of rotatable bonds is 4. The van der Waals surface area contributed by atoms with Crippen molar-refractivity contribution in [1.29, 1.82) is 0 Å². The summed E-state index contributed by atoms with van der Waals surface area (Å²) in [6, 6.07) is -0.463. The van der Waals surface area contributed by atoms with E-state index < -0.39 is 16.1 Å². The summed E-state index contributed by atoms with van der Waals surface area (Å²) in [6.45, 7) is 5.28. The van der Waals surface area contributed by atoms with E-state index in [9.17, 15) is 13.2 Å². The lowest BCUT2D eigenvalue weighted by molar-refractivity contribution is -0.135. The number of halogens is 1. The Balaban J connectivity index is 0.00000200. The molecule has 2 fully saturated rings. The number of nitrogens with one attached hydrogen (secondary N) is 1. The molecule has 2 aliphatic heterocycles. The lowest BCUT2D eigenvalue weighted by Gasteiger charge is -2.32. The van der Waals surface area contributed by atoms with Gasteiger partial charge < -0.3 is 10.2 Å². The highest BCUT2D eigenvalue weighted by Crippen LogP contribution is 2.23. The highest BCUT2D eigenvalue weighted by atomic mass is 35.5. The molecule has 1 amide bonds. The first-order valence-corrected chi connectivity index (χ1v) is 8.66. The van der Waals surface area contributed by atoms with Gasteiger partial charge in [0.25, 0.3) is 0 Å². The van der Waals surface area contributed by atoms with Crippen LogP contribution in [0, 0.1) is 0 Å². The molecule has 1 atom stereocenters. The van der Waals surface area contributed by atoms with E-state index in [-0.39, 0.29) is 24.1 Å². The smallest absolute Gasteiger partial charge is 0.241 e. The van der Waals surface area contributed by atoms with E-state index in [0.717, 1.165) is 19.5 Å². The maximum Gasteiger partial charge on any atom is 0.241 e. The van der Waals surface area contributed by atoms with Gasteiger partial charge in [-0.15, -0.1) is 12.4 Å². The van der Waals surface area contributed by atoms with Crippen molar-refractivity contribution in [2.24, 2.45) is 0 Å². The molecule has 0 aromatic rings. The van der Waals surface area contributed by atoms with Gasteiger partial charge in [0.1, 0.15) is 6.04 Å². The molecule has 0 aromatic carbocycles. The van der Waals surface area contributed by atoms with Crippen LogP contribution in [0.5, 0.6) is 0 Å². The van der Waals surface area contributed by atoms with Crippen LogP contribution in [0.3, 0.4) is 0 Å². The zero-order valence-corrected chi connectivity index (χ0v) is 13.5. The standard InChI is InChI=1S/C12H23N3O3S.ClH/c1-2-10-19(17,18)15-7-3-4-11(15)12(16)14-8-5-13-6-9-14;/h11,13H,2-10H2,1H3;1H. The normalized spacial score (nSPS) is 24.4. The van der Waals surface area contributed by atoms with E-state index in [1.807, 2.05) is 6.92 Å². The molecule has 0 aliphatic carbocycles. The summed E-state index contributed by atoms with van der Waals surface area (Å²) in [5.74, 6) is 0.122. The fraction of sp³-hybridized carbons (Fsp3) is 0.917. The maximum atomic E-state index is 12.5. The van der Waals surface area contributed by atoms with E-state index in [1.165, 1.54) is 4.31 Å². The highest BCUT2D eigenvalue weighted by Gasteiger charge is 2.39. The van der Waals surface area contributed by atoms with Crippen molar-refractivity contribution in [3.05, 3.63) is 0 Å². The molecular formula is C12H24ClN3O3S. The van der Waals surface area contributed by atoms with Crippen molar-refractivity contribution in [3.8, 4) is 0 Å². The minimum atomic E-state index is -3.27. The fourth-order valence-corrected chi connectivity index (χ4v) is 4.53. The molecule has 1 N–H and O–H groups in total. The second-order valence-electron chi connectivity index (χ2n) is 5.16. The van der Waals surface area contributed by atoms with Crippen molar-refractivity contribution < 1.29 is 13.2 Å². The Bertz CT molecular complexity index is 424. The minimum absolute atomic E-state index is 0. The molecule has 6 nitrogen and oxygen atoms in total. The van der Waals surface area contributed by atoms with Gasteiger partial charge in [0.2, 0.25) is 15.9 Å². The van der Waals surface area contributed by atoms with Crippen molar-refractivity contribution >= 4 is 28.3 Å². The van der Waals surface area contributed by atoms with Gasteiger partial charge in [-0.1, -0.05) is 6.92 Å². The molecule has 1 unspecified atom stereocenters. The van der Waals surface area contributed by atoms with Crippen molar-refractivity contribution in [1.82, 2.24) is 14.5 Å². The van der Waals surface area contributed by atoms with Gasteiger partial charge in [0.05, 0.1) is 5.75 Å². The molecule has 2 aliphatic rings. The molecule has 20 heavy (non-hydrogen) atoms. The third-order valence-electron chi connectivity index (χ3n) is 3.74. The Labute approximate surface area is 127 Å². The van der Waals surface area contributed by atoms with Crippen LogP contribution in [0.2, 0.25) is 0 Å². The summed E-state index contributed by atoms with van der Waals surface area (Å²) in [5, 5.41) is 3.20. The van der Waals surface area contributed by atoms with Gasteiger partial charge >= 0.3 is 0 Å². The summed E-state index contributed by atoms with van der Waals surface area (Å²) in [7, 11) is -3.27. The Morgan fingerprint density at radius 3 is 2.50 bits per heavy atom. The van der Waals surface area contributed by atoms with E-state index >= 15 is 0 Å². The van der Waals surface area contributed by atoms with E-state index in [4.69, 9.17) is 0 Å². The number of piperazine rings is 1. The summed E-state index contributed by atoms with van der Waals surface area (Å²) in [5.41, 5.74) is 0. The summed E-state index contributed by atoms with van der Waals surface area (Å²) in [6.07, 6.45) is 2.03. The maximum absolute atomic E-state index is 12.5. The van der Waals surface area contributed by atoms with Gasteiger partial charge in [0, 0.05) is 32.7 Å². The quantitative estimate of drug-likeness (QED) is 0.792. The molecule has 2 heterocycles. The van der Waals surface area contributed by atoms with Gasteiger partial charge in [-0.2, -0.15) is 4.31 Å². The molecule has 2 saturated heterocycles. The van der Waals surface area contributed by atoms with Gasteiger partial charge in [0.15, 0.2) is 0 Å². The Kier molecular flexibility index (Phi) is 6.71. The van der Waals surface area contributed by atoms with Gasteiger partial charge in [-0.05, 0) is 19.3 Å². The first-order valence-electron chi connectivity index (χ1n) is 7.05. The number of hydrogen-bond acceptors (Lipinski definition) is 4. The number of carbonyl (C=O) groups excluding carboxylic acids is 1. The van der Waals surface area contributed by atoms with Crippen LogP contribution >= 0.6 is 12.4 Å². The first kappa shape index (κ1) is 17.7. The molecule has 0 spiro atoms. The molecule has 8 heteroatoms. The first-order chi connectivity index (χ1) is 9.06. The molecule has 0 bridgehead atoms. The fourth-order valence-electron chi connectivity index (χ4n) is 2.79. The second-order valence-corrected chi connectivity index (χ2v) is 7.20. The highest BCUT2D eigenvalue weighted by molar-refractivity contribution is 7.89. The number of sulfonamides is 1. The number of nitrogens with zero attached hydrogens (tertiary/aromatic N) is 2. The van der Waals surface area contributed by atoms with Crippen LogP contribution in [-0.4, -0.2) is 68.0 Å². The molecule has 0 radical (unpaired) electrons. The largest absolute Gasteiger partial charge is 0.339 e. The monoisotopic (exact) mass is 325 g/mol. The molecular weight excluding hydrogens is 302 g/mol. The van der Waals surface area contributed by atoms with Crippen LogP contribution in [0.4, 0.5) is 0 Å². The second kappa shape index (κ2) is 7.59. The van der Waals surface area contributed by atoms with Crippen LogP contribution < -0.4 is 5.32 Å². The third-order valence-corrected chi connectivity index (χ3v) is 5.81. The average molecular weight is 326 g/mol. The van der Waals surface area contributed by atoms with Crippen LogP contribution in [0.1, 0.15) is 26.2 Å². The van der Waals surface area contributed by atoms with E-state index in [1.54, 1.807) is 4.90 Å². The Morgan fingerprint density at radius 1 is 1.25 bits per heavy atom. The van der Waals surface area contributed by atoms with Crippen LogP contribution in [0.25, 0.3) is 0 Å². The van der Waals surface area contributed by atoms with Crippen molar-refractivity contribution in [2.75, 3.05) is 38.5 Å². The molecule has 0 aromatic heterocycles. The number of carbonyl (C=O) groups is 1. The lowest BCUT2D eigenvalue weighted by Crippen LogP contribution is -2.53. The SMILES string of the molecule is CCCS(=O)(=O)N1CCCC1C(=O)N1CCNCC1.Cl.